The normalized spacial score (nSPS) is 10.0. The quantitative estimate of drug-likeness (QED) is 0.104. The van der Waals surface area contributed by atoms with Crippen molar-refractivity contribution in [3.8, 4) is 18.2 Å². The third-order valence-corrected chi connectivity index (χ3v) is 12.7. The van der Waals surface area contributed by atoms with Gasteiger partial charge in [-0.3, -0.25) is 4.98 Å². The molecule has 23 heteroatoms. The number of nitrogens with zero attached hydrogens (tertiary/aromatic N) is 12. The first-order chi connectivity index (χ1) is 46.9. The van der Waals surface area contributed by atoms with Gasteiger partial charge in [-0.05, 0) is 245 Å². The molecule has 4 aromatic heterocycles. The van der Waals surface area contributed by atoms with Gasteiger partial charge >= 0.3 is 18.5 Å². The van der Waals surface area contributed by atoms with Crippen molar-refractivity contribution in [1.29, 1.82) is 15.8 Å². The predicted octanol–water partition coefficient (Wildman–Crippen LogP) is 21.4. The number of nitriles is 3. The molecule has 530 valence electrons. The van der Waals surface area contributed by atoms with Crippen molar-refractivity contribution in [3.63, 3.8) is 0 Å². The van der Waals surface area contributed by atoms with Gasteiger partial charge in [-0.1, -0.05) is 70.8 Å². The molecule has 0 N–H and O–H groups in total. The van der Waals surface area contributed by atoms with Crippen LogP contribution in [-0.2, 0) is 18.5 Å². The van der Waals surface area contributed by atoms with Crippen LogP contribution in [0.2, 0.25) is 0 Å². The highest BCUT2D eigenvalue weighted by Gasteiger charge is 2.37. The summed E-state index contributed by atoms with van der Waals surface area (Å²) in [6.45, 7) is 41.8. The lowest BCUT2D eigenvalue weighted by Crippen LogP contribution is -2.12. The summed E-state index contributed by atoms with van der Waals surface area (Å²) in [5, 5.41) is 25.3. The highest BCUT2D eigenvalue weighted by Crippen LogP contribution is 2.37. The van der Waals surface area contributed by atoms with Gasteiger partial charge in [0.25, 0.3) is 0 Å². The Bertz CT molecular complexity index is 3990. The van der Waals surface area contributed by atoms with Gasteiger partial charge in [0.05, 0.1) is 52.6 Å². The fourth-order valence-electron chi connectivity index (χ4n) is 8.68. The predicted molar refractivity (Wildman–Crippen MR) is 372 cm³/mol. The second kappa shape index (κ2) is 42.6. The molecule has 0 saturated heterocycles. The van der Waals surface area contributed by atoms with Crippen LogP contribution in [0.15, 0.2) is 146 Å². The number of hydrogen-bond acceptors (Lipinski definition) is 11. The zero-order valence-corrected chi connectivity index (χ0v) is 59.9. The average molecular weight is 1400 g/mol. The summed E-state index contributed by atoms with van der Waals surface area (Å²) in [5.74, 6) is 3.10. The first kappa shape index (κ1) is 87.8. The van der Waals surface area contributed by atoms with Gasteiger partial charge in [0, 0.05) is 45.3 Å². The third kappa shape index (κ3) is 37.4. The van der Waals surface area contributed by atoms with Crippen LogP contribution in [-0.4, -0.2) is 39.9 Å². The molecule has 0 bridgehead atoms. The maximum absolute atomic E-state index is 12.3. The van der Waals surface area contributed by atoms with Crippen molar-refractivity contribution in [3.05, 3.63) is 310 Å². The summed E-state index contributed by atoms with van der Waals surface area (Å²) in [7, 11) is 0. The molecule has 0 unspecified atom stereocenters. The molecule has 0 fully saturated rings. The molecule has 0 spiro atoms. The Morgan fingerprint density at radius 2 is 0.693 bits per heavy atom. The van der Waals surface area contributed by atoms with E-state index in [1.807, 2.05) is 158 Å². The van der Waals surface area contributed by atoms with Crippen LogP contribution in [0.1, 0.15) is 141 Å². The molecule has 12 nitrogen and oxygen atoms in total. The molecular weight excluding hydrogens is 1310 g/mol. The number of rotatable bonds is 0. The summed E-state index contributed by atoms with van der Waals surface area (Å²) in [6.07, 6.45) is -13.7. The second-order valence-corrected chi connectivity index (χ2v) is 22.8. The van der Waals surface area contributed by atoms with Crippen molar-refractivity contribution in [2.45, 2.75) is 150 Å². The Morgan fingerprint density at radius 1 is 0.317 bits per heavy atom. The molecule has 0 saturated carbocycles. The molecule has 0 atom stereocenters. The van der Waals surface area contributed by atoms with Crippen LogP contribution in [0, 0.1) is 184 Å². The van der Waals surface area contributed by atoms with E-state index in [9.17, 15) is 48.3 Å². The smallest absolute Gasteiger partial charge is 0.258 e. The Hall–Kier alpha value is -11.2. The van der Waals surface area contributed by atoms with E-state index >= 15 is 0 Å². The lowest BCUT2D eigenvalue weighted by Gasteiger charge is -2.13. The number of aryl methyl sites for hydroxylation is 18. The molecule has 0 amide bonds. The minimum absolute atomic E-state index is 0.0810. The molecule has 0 aliphatic rings. The van der Waals surface area contributed by atoms with Crippen molar-refractivity contribution in [2.24, 2.45) is 0 Å². The molecule has 6 aromatic carbocycles. The first-order valence-corrected chi connectivity index (χ1v) is 30.7. The van der Waals surface area contributed by atoms with Crippen LogP contribution in [0.3, 0.4) is 0 Å². The Labute approximate surface area is 585 Å². The summed E-state index contributed by atoms with van der Waals surface area (Å²) in [5.41, 5.74) is 11.5. The van der Waals surface area contributed by atoms with Crippen LogP contribution in [0.25, 0.3) is 4.85 Å². The number of halogens is 11. The largest absolute Gasteiger partial charge is 0.416 e. The van der Waals surface area contributed by atoms with Crippen LogP contribution >= 0.6 is 0 Å². The van der Waals surface area contributed by atoms with E-state index in [0.717, 1.165) is 111 Å². The number of aromatic nitrogens is 8. The van der Waals surface area contributed by atoms with Gasteiger partial charge in [0.1, 0.15) is 40.8 Å². The van der Waals surface area contributed by atoms with E-state index in [1.165, 1.54) is 36.2 Å². The molecule has 4 heterocycles. The number of alkyl halides is 9. The molecule has 101 heavy (non-hydrogen) atoms. The highest BCUT2D eigenvalue weighted by molar-refractivity contribution is 5.52. The molecule has 0 radical (unpaired) electrons. The SMILES string of the molecule is Cc1c(F)cccc1F.Cc1cc(C)cc(C(F)(F)F)c1.Cc1cc(C)nc(C)c1.Cc1cc(C)nc(C)n1.Cc1cc(C)nc(C)n1.Cc1ccc(C#N)cc1.Cc1ccc(C(F)(F)F)cc1C(F)(F)F.Cc1cccc(C#N)c1.Cc1nc(C)nc(C)n1.[C-]#[N+]c1cc(C)cc(C#N)c1. The topological polar surface area (TPSA) is 179 Å². The van der Waals surface area contributed by atoms with Crippen LogP contribution in [0.4, 0.5) is 54.0 Å². The second-order valence-electron chi connectivity index (χ2n) is 22.8. The fourth-order valence-corrected chi connectivity index (χ4v) is 8.68. The molecule has 0 aliphatic carbocycles. The molecular formula is C78H81F11N12. The van der Waals surface area contributed by atoms with E-state index in [4.69, 9.17) is 22.4 Å². The Morgan fingerprint density at radius 3 is 1.04 bits per heavy atom. The van der Waals surface area contributed by atoms with Gasteiger partial charge < -0.3 is 0 Å². The third-order valence-electron chi connectivity index (χ3n) is 12.7. The minimum atomic E-state index is -4.76. The minimum Gasteiger partial charge on any atom is -0.258 e. The average Bonchev–Trinajstić information content (AvgIpc) is 0.814. The molecule has 0 aliphatic heterocycles. The van der Waals surface area contributed by atoms with Gasteiger partial charge in [-0.25, -0.2) is 48.5 Å². The maximum atomic E-state index is 12.3. The van der Waals surface area contributed by atoms with Gasteiger partial charge in [0.15, 0.2) is 5.69 Å². The van der Waals surface area contributed by atoms with Crippen molar-refractivity contribution in [1.82, 2.24) is 39.9 Å². The van der Waals surface area contributed by atoms with Crippen LogP contribution < -0.4 is 0 Å². The zero-order valence-electron chi connectivity index (χ0n) is 59.9. The summed E-state index contributed by atoms with van der Waals surface area (Å²) < 4.78 is 134. The van der Waals surface area contributed by atoms with E-state index in [1.54, 1.807) is 44.2 Å². The van der Waals surface area contributed by atoms with Gasteiger partial charge in [0.2, 0.25) is 0 Å². The fraction of sp³-hybridized carbons (Fsp3) is 0.282. The monoisotopic (exact) mass is 1390 g/mol. The standard InChI is InChI=1S/C9H6F6.C9H9F3.C9H6N2.C8H11N.2C8H7N.C7H6F2.2C7H10N2.C6H9N3/c1-5-2-3-6(8(10,11)12)4-7(5)9(13,14)15;1-6-3-7(2)5-8(4-6)9(10,11)12;1-7-3-8(6-10)5-9(4-7)11-2;1-6-4-7(2)9-8(3)5-6;1-7-2-4-8(6-9)5-3-7;1-7-3-2-4-8(5-7)6-9;1-5-6(8)3-2-4-7(5)9;2*1-5-4-6(2)9-7(3)8-5;1-4-7-5(2)9-6(3)8-4/h2-4H,1H3;3-5H,1-2H3;3-5H,1H3;4-5H,1-3H3;2*2-5H,1H3;2-4H,1H3;2*4H,1-3H3;1-3H3. The number of hydrogen-bond donors (Lipinski definition) is 0. The first-order valence-electron chi connectivity index (χ1n) is 30.7. The van der Waals surface area contributed by atoms with Gasteiger partial charge in [-0.2, -0.15) is 55.3 Å². The van der Waals surface area contributed by atoms with Crippen molar-refractivity contribution >= 4 is 5.69 Å². The number of benzene rings is 6. The van der Waals surface area contributed by atoms with E-state index in [-0.39, 0.29) is 17.2 Å². The Balaban J connectivity index is 0.000000564. The van der Waals surface area contributed by atoms with Crippen molar-refractivity contribution in [2.75, 3.05) is 0 Å². The van der Waals surface area contributed by atoms with E-state index in [0.29, 0.717) is 28.4 Å². The van der Waals surface area contributed by atoms with Crippen molar-refractivity contribution < 1.29 is 48.3 Å². The van der Waals surface area contributed by atoms with Crippen LogP contribution in [0.5, 0.6) is 0 Å². The van der Waals surface area contributed by atoms with Gasteiger partial charge in [-0.15, -0.1) is 0 Å². The number of pyridine rings is 1. The summed E-state index contributed by atoms with van der Waals surface area (Å²) >= 11 is 0. The molecule has 10 rings (SSSR count). The maximum Gasteiger partial charge on any atom is 0.416 e. The lowest BCUT2D eigenvalue weighted by molar-refractivity contribution is -0.143. The summed E-state index contributed by atoms with van der Waals surface area (Å²) in [4.78, 5) is 36.0. The summed E-state index contributed by atoms with van der Waals surface area (Å²) in [6, 6.07) is 43.7. The lowest BCUT2D eigenvalue weighted by atomic mass is 10.0. The highest BCUT2D eigenvalue weighted by atomic mass is 19.4. The van der Waals surface area contributed by atoms with E-state index < -0.39 is 46.9 Å². The van der Waals surface area contributed by atoms with E-state index in [2.05, 4.69) is 75.9 Å². The molecule has 10 aromatic rings. The Kier molecular flexibility index (Phi) is 37.0. The zero-order chi connectivity index (χ0) is 77.1.